The Hall–Kier alpha value is -3.81. The van der Waals surface area contributed by atoms with Gasteiger partial charge < -0.3 is 14.6 Å². The van der Waals surface area contributed by atoms with Gasteiger partial charge in [0.15, 0.2) is 22.4 Å². The van der Waals surface area contributed by atoms with Gasteiger partial charge >= 0.3 is 5.97 Å². The lowest BCUT2D eigenvalue weighted by molar-refractivity contribution is -0.139. The molecule has 2 heterocycles. The van der Waals surface area contributed by atoms with Crippen molar-refractivity contribution in [1.82, 2.24) is 4.98 Å². The minimum absolute atomic E-state index is 0.391. The summed E-state index contributed by atoms with van der Waals surface area (Å²) in [4.78, 5) is 16.9. The van der Waals surface area contributed by atoms with Gasteiger partial charge in [0, 0.05) is 11.3 Å². The number of hydrogen-bond acceptors (Lipinski definition) is 6. The van der Waals surface area contributed by atoms with Gasteiger partial charge in [-0.3, -0.25) is 0 Å². The van der Waals surface area contributed by atoms with E-state index in [4.69, 9.17) is 19.6 Å². The summed E-state index contributed by atoms with van der Waals surface area (Å²) in [5, 5.41) is 11.4. The quantitative estimate of drug-likeness (QED) is 0.232. The fraction of sp³-hybridized carbons (Fsp3) is 0.103. The molecule has 36 heavy (non-hydrogen) atoms. The Morgan fingerprint density at radius 2 is 1.78 bits per heavy atom. The fourth-order valence-electron chi connectivity index (χ4n) is 4.37. The number of carbonyl (C=O) groups is 1. The van der Waals surface area contributed by atoms with E-state index in [0.29, 0.717) is 18.1 Å². The molecule has 5 aromatic rings. The van der Waals surface area contributed by atoms with Crippen molar-refractivity contribution >= 4 is 39.8 Å². The van der Waals surface area contributed by atoms with Crippen LogP contribution in [-0.4, -0.2) is 22.7 Å². The van der Waals surface area contributed by atoms with Gasteiger partial charge in [-0.15, -0.1) is 11.3 Å². The first kappa shape index (κ1) is 22.6. The van der Waals surface area contributed by atoms with Crippen LogP contribution in [0.1, 0.15) is 10.4 Å². The van der Waals surface area contributed by atoms with E-state index in [0.717, 1.165) is 26.2 Å². The van der Waals surface area contributed by atoms with Crippen molar-refractivity contribution in [2.45, 2.75) is 16.7 Å². The minimum atomic E-state index is -1.03. The van der Waals surface area contributed by atoms with Crippen LogP contribution in [-0.2, 0) is 17.2 Å². The molecule has 6 rings (SSSR count). The molecule has 0 radical (unpaired) electrons. The van der Waals surface area contributed by atoms with E-state index >= 15 is 0 Å². The number of aliphatic carboxylic acids is 1. The predicted molar refractivity (Wildman–Crippen MR) is 144 cm³/mol. The van der Waals surface area contributed by atoms with E-state index < -0.39 is 12.6 Å². The molecule has 1 N–H and O–H groups in total. The molecular weight excluding hydrogens is 490 g/mol. The van der Waals surface area contributed by atoms with E-state index in [9.17, 15) is 4.79 Å². The summed E-state index contributed by atoms with van der Waals surface area (Å²) in [5.41, 5.74) is 5.41. The maximum Gasteiger partial charge on any atom is 0.341 e. The number of fused-ring (bicyclic) bond motifs is 4. The summed E-state index contributed by atoms with van der Waals surface area (Å²) in [7, 11) is 0. The molecule has 1 aliphatic rings. The van der Waals surface area contributed by atoms with Crippen LogP contribution < -0.4 is 9.47 Å². The number of carboxylic acids is 1. The van der Waals surface area contributed by atoms with Gasteiger partial charge in [-0.1, -0.05) is 78.5 Å². The summed E-state index contributed by atoms with van der Waals surface area (Å²) in [5.74, 6) is 0.743. The van der Waals surface area contributed by atoms with Crippen molar-refractivity contribution in [3.63, 3.8) is 0 Å². The fourth-order valence-corrected chi connectivity index (χ4v) is 6.49. The summed E-state index contributed by atoms with van der Waals surface area (Å²) < 4.78 is 12.3. The van der Waals surface area contributed by atoms with Crippen LogP contribution in [0.25, 0.3) is 33.2 Å². The Labute approximate surface area is 216 Å². The van der Waals surface area contributed by atoms with Gasteiger partial charge in [0.05, 0.1) is 10.6 Å². The number of para-hydroxylation sites is 1. The van der Waals surface area contributed by atoms with E-state index in [-0.39, 0.29) is 0 Å². The van der Waals surface area contributed by atoms with Crippen molar-refractivity contribution in [1.29, 1.82) is 0 Å². The lowest BCUT2D eigenvalue weighted by atomic mass is 9.98. The molecule has 0 fully saturated rings. The third-order valence-corrected chi connectivity index (χ3v) is 8.26. The molecule has 0 bridgehead atoms. The highest BCUT2D eigenvalue weighted by molar-refractivity contribution is 8.00. The zero-order valence-corrected chi connectivity index (χ0v) is 20.8. The lowest BCUT2D eigenvalue weighted by Gasteiger charge is -2.19. The molecule has 0 aliphatic carbocycles. The normalized spacial score (nSPS) is 12.0. The van der Waals surface area contributed by atoms with Crippen LogP contribution in [0.5, 0.6) is 11.5 Å². The highest BCUT2D eigenvalue weighted by Gasteiger charge is 2.25. The Morgan fingerprint density at radius 3 is 2.67 bits per heavy atom. The standard InChI is InChI=1S/C29H21NO4S2/c31-26(32)16-33-24-11-5-10-23-27-25(15-34-28(23)24)36-29(30-27)35-17-21-8-3-4-9-22(21)20-13-12-18-6-1-2-7-19(18)14-20/h1-14H,15-17H2,(H,31,32). The molecule has 0 spiro atoms. The number of thioether (sulfide) groups is 1. The second-order valence-corrected chi connectivity index (χ2v) is 10.7. The van der Waals surface area contributed by atoms with Crippen molar-refractivity contribution in [2.75, 3.05) is 6.61 Å². The van der Waals surface area contributed by atoms with Crippen LogP contribution in [0.4, 0.5) is 0 Å². The van der Waals surface area contributed by atoms with Gasteiger partial charge in [-0.2, -0.15) is 0 Å². The van der Waals surface area contributed by atoms with E-state index in [1.54, 1.807) is 29.2 Å². The van der Waals surface area contributed by atoms with Crippen LogP contribution >= 0.6 is 23.1 Å². The molecular formula is C29H21NO4S2. The number of rotatable bonds is 7. The number of nitrogens with zero attached hydrogens (tertiary/aromatic N) is 1. The number of aromatic nitrogens is 1. The first-order chi connectivity index (χ1) is 17.7. The third-order valence-electron chi connectivity index (χ3n) is 6.04. The first-order valence-electron chi connectivity index (χ1n) is 11.5. The van der Waals surface area contributed by atoms with Crippen LogP contribution in [0.2, 0.25) is 0 Å². The molecule has 1 aliphatic heterocycles. The van der Waals surface area contributed by atoms with Crippen molar-refractivity contribution in [3.8, 4) is 33.9 Å². The average molecular weight is 512 g/mol. The maximum atomic E-state index is 10.9. The van der Waals surface area contributed by atoms with Crippen molar-refractivity contribution in [2.24, 2.45) is 0 Å². The molecule has 5 nitrogen and oxygen atoms in total. The highest BCUT2D eigenvalue weighted by Crippen LogP contribution is 2.46. The van der Waals surface area contributed by atoms with Gasteiger partial charge in [0.2, 0.25) is 0 Å². The monoisotopic (exact) mass is 511 g/mol. The maximum absolute atomic E-state index is 10.9. The first-order valence-corrected chi connectivity index (χ1v) is 13.3. The second-order valence-electron chi connectivity index (χ2n) is 8.36. The molecule has 1 aromatic heterocycles. The van der Waals surface area contributed by atoms with E-state index in [1.165, 1.54) is 27.5 Å². The van der Waals surface area contributed by atoms with Crippen LogP contribution in [0, 0.1) is 0 Å². The number of hydrogen-bond donors (Lipinski definition) is 1. The Bertz CT molecular complexity index is 1590. The third kappa shape index (κ3) is 4.43. The molecule has 4 aromatic carbocycles. The van der Waals surface area contributed by atoms with E-state index in [2.05, 4.69) is 66.7 Å². The largest absolute Gasteiger partial charge is 0.483 e. The van der Waals surface area contributed by atoms with Crippen LogP contribution in [0.15, 0.2) is 89.3 Å². The summed E-state index contributed by atoms with van der Waals surface area (Å²) in [6, 6.07) is 29.0. The van der Waals surface area contributed by atoms with Crippen LogP contribution in [0.3, 0.4) is 0 Å². The molecule has 0 saturated heterocycles. The zero-order chi connectivity index (χ0) is 24.5. The zero-order valence-electron chi connectivity index (χ0n) is 19.1. The smallest absolute Gasteiger partial charge is 0.341 e. The lowest BCUT2D eigenvalue weighted by Crippen LogP contribution is -2.11. The van der Waals surface area contributed by atoms with Gasteiger partial charge in [-0.25, -0.2) is 9.78 Å². The SMILES string of the molecule is O=C(O)COc1cccc2c1OCc1sc(SCc3ccccc3-c3ccc4ccccc4c3)nc1-2. The summed E-state index contributed by atoms with van der Waals surface area (Å²) in [6.07, 6.45) is 0. The van der Waals surface area contributed by atoms with Gasteiger partial charge in [-0.05, 0) is 45.7 Å². The molecule has 7 heteroatoms. The summed E-state index contributed by atoms with van der Waals surface area (Å²) in [6.45, 7) is -0.0247. The Kier molecular flexibility index (Phi) is 6.09. The minimum Gasteiger partial charge on any atom is -0.483 e. The van der Waals surface area contributed by atoms with Crippen molar-refractivity contribution < 1.29 is 19.4 Å². The average Bonchev–Trinajstić information content (AvgIpc) is 3.34. The molecule has 0 atom stereocenters. The molecule has 0 saturated carbocycles. The van der Waals surface area contributed by atoms with Gasteiger partial charge in [0.1, 0.15) is 6.61 Å². The number of thiazole rings is 1. The predicted octanol–water partition coefficient (Wildman–Crippen LogP) is 7.28. The Morgan fingerprint density at radius 1 is 0.972 bits per heavy atom. The molecule has 0 amide bonds. The van der Waals surface area contributed by atoms with E-state index in [1.807, 2.05) is 12.1 Å². The molecule has 0 unspecified atom stereocenters. The second kappa shape index (κ2) is 9.68. The molecule has 178 valence electrons. The number of benzene rings is 4. The topological polar surface area (TPSA) is 68.7 Å². The van der Waals surface area contributed by atoms with Gasteiger partial charge in [0.25, 0.3) is 0 Å². The highest BCUT2D eigenvalue weighted by atomic mass is 32.2. The van der Waals surface area contributed by atoms with Crippen molar-refractivity contribution in [3.05, 3.63) is 95.4 Å². The Balaban J connectivity index is 1.25. The number of ether oxygens (including phenoxy) is 2. The summed E-state index contributed by atoms with van der Waals surface area (Å²) >= 11 is 3.35. The number of carboxylic acid groups (broad SMARTS) is 1.